The number of hydrogen-bond acceptors (Lipinski definition) is 1. The summed E-state index contributed by atoms with van der Waals surface area (Å²) in [6.07, 6.45) is 0. The average Bonchev–Trinajstić information content (AvgIpc) is 2.71. The zero-order valence-electron chi connectivity index (χ0n) is 11.9. The lowest BCUT2D eigenvalue weighted by molar-refractivity contribution is 0.402. The zero-order valence-corrected chi connectivity index (χ0v) is 11.9. The van der Waals surface area contributed by atoms with Crippen LogP contribution < -0.4 is 5.32 Å². The molecule has 1 N–H and O–H groups in total. The molecule has 0 saturated heterocycles. The van der Waals surface area contributed by atoms with E-state index in [9.17, 15) is 0 Å². The van der Waals surface area contributed by atoms with Gasteiger partial charge in [0.05, 0.1) is 0 Å². The molecule has 3 unspecified atom stereocenters. The van der Waals surface area contributed by atoms with E-state index in [2.05, 4.69) is 74.7 Å². The Morgan fingerprint density at radius 1 is 0.842 bits per heavy atom. The second-order valence-corrected chi connectivity index (χ2v) is 5.62. The summed E-state index contributed by atoms with van der Waals surface area (Å²) in [5, 5.41) is 3.48. The van der Waals surface area contributed by atoms with E-state index in [4.69, 9.17) is 0 Å². The van der Waals surface area contributed by atoms with Crippen molar-refractivity contribution in [1.82, 2.24) is 5.32 Å². The zero-order chi connectivity index (χ0) is 13.4. The molecule has 1 nitrogen and oxygen atoms in total. The van der Waals surface area contributed by atoms with Gasteiger partial charge in [0.25, 0.3) is 0 Å². The quantitative estimate of drug-likeness (QED) is 0.836. The molecule has 2 aromatic rings. The molecule has 0 aliphatic heterocycles. The van der Waals surface area contributed by atoms with Crippen LogP contribution >= 0.6 is 0 Å². The highest BCUT2D eigenvalue weighted by atomic mass is 14.9. The van der Waals surface area contributed by atoms with E-state index in [-0.39, 0.29) is 0 Å². The molecule has 1 aliphatic carbocycles. The van der Waals surface area contributed by atoms with E-state index in [1.165, 1.54) is 22.3 Å². The first-order valence-corrected chi connectivity index (χ1v) is 7.09. The normalized spacial score (nSPS) is 25.3. The van der Waals surface area contributed by atoms with Crippen molar-refractivity contribution in [3.05, 3.63) is 59.7 Å². The summed E-state index contributed by atoms with van der Waals surface area (Å²) in [6, 6.07) is 18.0. The molecule has 0 radical (unpaired) electrons. The predicted molar refractivity (Wildman–Crippen MR) is 81.3 cm³/mol. The van der Waals surface area contributed by atoms with Gasteiger partial charge in [0.1, 0.15) is 0 Å². The Kier molecular flexibility index (Phi) is 3.16. The van der Waals surface area contributed by atoms with Crippen LogP contribution in [-0.4, -0.2) is 7.05 Å². The Balaban J connectivity index is 2.08. The maximum Gasteiger partial charge on any atom is 0.0352 e. The van der Waals surface area contributed by atoms with Crippen molar-refractivity contribution in [2.24, 2.45) is 5.92 Å². The highest BCUT2D eigenvalue weighted by Crippen LogP contribution is 2.45. The van der Waals surface area contributed by atoms with Gasteiger partial charge in [0.2, 0.25) is 0 Å². The van der Waals surface area contributed by atoms with Gasteiger partial charge in [-0.3, -0.25) is 0 Å². The minimum Gasteiger partial charge on any atom is -0.313 e. The van der Waals surface area contributed by atoms with Gasteiger partial charge in [0.15, 0.2) is 0 Å². The van der Waals surface area contributed by atoms with Gasteiger partial charge in [-0.1, -0.05) is 56.3 Å². The van der Waals surface area contributed by atoms with Crippen molar-refractivity contribution in [3.8, 4) is 11.1 Å². The van der Waals surface area contributed by atoms with Crippen LogP contribution in [0.25, 0.3) is 11.1 Å². The van der Waals surface area contributed by atoms with Crippen molar-refractivity contribution >= 4 is 0 Å². The predicted octanol–water partition coefficient (Wildman–Crippen LogP) is 4.37. The minimum absolute atomic E-state index is 0.480. The third-order valence-electron chi connectivity index (χ3n) is 4.64. The summed E-state index contributed by atoms with van der Waals surface area (Å²) in [6.45, 7) is 4.68. The Morgan fingerprint density at radius 3 is 2.26 bits per heavy atom. The van der Waals surface area contributed by atoms with Crippen molar-refractivity contribution in [2.75, 3.05) is 7.05 Å². The van der Waals surface area contributed by atoms with Crippen LogP contribution in [0.4, 0.5) is 0 Å². The van der Waals surface area contributed by atoms with Gasteiger partial charge < -0.3 is 5.32 Å². The van der Waals surface area contributed by atoms with Crippen LogP contribution in [0.15, 0.2) is 48.5 Å². The first-order chi connectivity index (χ1) is 9.22. The standard InChI is InChI=1S/C18H21N/c1-12-13(2)18(19-3)17-11-15(9-10-16(12)17)14-7-5-4-6-8-14/h4-13,18-19H,1-3H3. The van der Waals surface area contributed by atoms with Gasteiger partial charge in [-0.25, -0.2) is 0 Å². The van der Waals surface area contributed by atoms with Crippen LogP contribution in [0.3, 0.4) is 0 Å². The molecule has 0 fully saturated rings. The van der Waals surface area contributed by atoms with E-state index in [1.54, 1.807) is 0 Å². The molecule has 0 amide bonds. The van der Waals surface area contributed by atoms with E-state index >= 15 is 0 Å². The summed E-state index contributed by atoms with van der Waals surface area (Å²) in [7, 11) is 2.07. The minimum atomic E-state index is 0.480. The smallest absolute Gasteiger partial charge is 0.0352 e. The largest absolute Gasteiger partial charge is 0.313 e. The lowest BCUT2D eigenvalue weighted by Crippen LogP contribution is -2.20. The fourth-order valence-electron chi connectivity index (χ4n) is 3.34. The van der Waals surface area contributed by atoms with Gasteiger partial charge in [-0.05, 0) is 47.2 Å². The molecule has 0 heterocycles. The maximum atomic E-state index is 3.48. The molecule has 1 aliphatic rings. The van der Waals surface area contributed by atoms with Crippen molar-refractivity contribution in [2.45, 2.75) is 25.8 Å². The van der Waals surface area contributed by atoms with Crippen LogP contribution in [0.1, 0.15) is 36.9 Å². The summed E-state index contributed by atoms with van der Waals surface area (Å²) < 4.78 is 0. The van der Waals surface area contributed by atoms with Gasteiger partial charge in [-0.2, -0.15) is 0 Å². The fraction of sp³-hybridized carbons (Fsp3) is 0.333. The second-order valence-electron chi connectivity index (χ2n) is 5.62. The van der Waals surface area contributed by atoms with Crippen LogP contribution in [0.5, 0.6) is 0 Å². The first kappa shape index (κ1) is 12.4. The Labute approximate surface area is 115 Å². The van der Waals surface area contributed by atoms with Gasteiger partial charge >= 0.3 is 0 Å². The van der Waals surface area contributed by atoms with Crippen LogP contribution in [-0.2, 0) is 0 Å². The maximum absolute atomic E-state index is 3.48. The van der Waals surface area contributed by atoms with E-state index in [0.717, 1.165) is 0 Å². The van der Waals surface area contributed by atoms with Crippen LogP contribution in [0.2, 0.25) is 0 Å². The topological polar surface area (TPSA) is 12.0 Å². The van der Waals surface area contributed by atoms with Crippen LogP contribution in [0, 0.1) is 5.92 Å². The summed E-state index contributed by atoms with van der Waals surface area (Å²) in [5.41, 5.74) is 5.60. The third-order valence-corrected chi connectivity index (χ3v) is 4.64. The molecule has 0 saturated carbocycles. The van der Waals surface area contributed by atoms with E-state index < -0.39 is 0 Å². The monoisotopic (exact) mass is 251 g/mol. The molecule has 1 heteroatoms. The summed E-state index contributed by atoms with van der Waals surface area (Å²) in [4.78, 5) is 0. The van der Waals surface area contributed by atoms with Crippen molar-refractivity contribution in [3.63, 3.8) is 0 Å². The molecule has 0 aromatic heterocycles. The fourth-order valence-corrected chi connectivity index (χ4v) is 3.34. The number of hydrogen-bond donors (Lipinski definition) is 1. The average molecular weight is 251 g/mol. The third kappa shape index (κ3) is 1.98. The Morgan fingerprint density at radius 2 is 1.58 bits per heavy atom. The highest BCUT2D eigenvalue weighted by molar-refractivity contribution is 5.66. The number of nitrogens with one attached hydrogen (secondary N) is 1. The van der Waals surface area contributed by atoms with E-state index in [0.29, 0.717) is 17.9 Å². The second kappa shape index (κ2) is 4.82. The molecule has 3 atom stereocenters. The lowest BCUT2D eigenvalue weighted by atomic mass is 9.94. The SMILES string of the molecule is CNC1c2cc(-c3ccccc3)ccc2C(C)C1C. The van der Waals surface area contributed by atoms with Crippen molar-refractivity contribution in [1.29, 1.82) is 0 Å². The molecule has 0 bridgehead atoms. The highest BCUT2D eigenvalue weighted by Gasteiger charge is 2.34. The molecule has 2 aromatic carbocycles. The Hall–Kier alpha value is -1.60. The molecule has 0 spiro atoms. The lowest BCUT2D eigenvalue weighted by Gasteiger charge is -2.18. The molecule has 3 rings (SSSR count). The van der Waals surface area contributed by atoms with Gasteiger partial charge in [0, 0.05) is 6.04 Å². The summed E-state index contributed by atoms with van der Waals surface area (Å²) >= 11 is 0. The first-order valence-electron chi connectivity index (χ1n) is 7.09. The molecular formula is C18H21N. The molecule has 19 heavy (non-hydrogen) atoms. The number of rotatable bonds is 2. The number of fused-ring (bicyclic) bond motifs is 1. The summed E-state index contributed by atoms with van der Waals surface area (Å²) in [5.74, 6) is 1.29. The Bertz CT molecular complexity index is 573. The van der Waals surface area contributed by atoms with Crippen molar-refractivity contribution < 1.29 is 0 Å². The number of benzene rings is 2. The van der Waals surface area contributed by atoms with E-state index in [1.807, 2.05) is 0 Å². The molecular weight excluding hydrogens is 230 g/mol. The van der Waals surface area contributed by atoms with Gasteiger partial charge in [-0.15, -0.1) is 0 Å². The molecule has 98 valence electrons.